The van der Waals surface area contributed by atoms with Crippen molar-refractivity contribution in [3.63, 3.8) is 0 Å². The molecule has 31 heavy (non-hydrogen) atoms. The lowest BCUT2D eigenvalue weighted by Gasteiger charge is -2.34. The number of rotatable bonds is 9. The van der Waals surface area contributed by atoms with Crippen molar-refractivity contribution in [1.82, 2.24) is 10.3 Å². The van der Waals surface area contributed by atoms with Gasteiger partial charge in [-0.05, 0) is 48.8 Å². The molecule has 0 aliphatic carbocycles. The first-order valence-electron chi connectivity index (χ1n) is 12.2. The number of nitrogens with zero attached hydrogens (tertiary/aromatic N) is 1. The van der Waals surface area contributed by atoms with Gasteiger partial charge in [0.25, 0.3) is 0 Å². The topological polar surface area (TPSA) is 68.4 Å². The molecule has 5 heteroatoms. The molecular formula is C26H41N3O2. The molecule has 0 saturated carbocycles. The minimum atomic E-state index is -0.275. The summed E-state index contributed by atoms with van der Waals surface area (Å²) in [5.74, 6) is 0.156. The molecule has 1 aromatic carbocycles. The molecule has 0 bridgehead atoms. The minimum absolute atomic E-state index is 0.000147. The van der Waals surface area contributed by atoms with E-state index >= 15 is 0 Å². The van der Waals surface area contributed by atoms with Gasteiger partial charge in [-0.1, -0.05) is 58.9 Å². The van der Waals surface area contributed by atoms with Crippen LogP contribution in [0.3, 0.4) is 0 Å². The summed E-state index contributed by atoms with van der Waals surface area (Å²) in [6.07, 6.45) is 12.6. The molecule has 1 aliphatic heterocycles. The molecule has 0 fully saturated rings. The van der Waals surface area contributed by atoms with E-state index in [0.717, 1.165) is 24.9 Å². The van der Waals surface area contributed by atoms with Gasteiger partial charge in [0, 0.05) is 24.3 Å². The second-order valence-corrected chi connectivity index (χ2v) is 9.55. The number of aryl methyl sites for hydroxylation is 2. The van der Waals surface area contributed by atoms with Crippen LogP contribution in [0, 0.1) is 5.92 Å². The number of hydrogen-bond donors (Lipinski definition) is 3. The number of H-pyrrole nitrogens is 1. The van der Waals surface area contributed by atoms with Crippen molar-refractivity contribution in [1.29, 1.82) is 0 Å². The summed E-state index contributed by atoms with van der Waals surface area (Å²) in [4.78, 5) is 18.8. The normalized spacial score (nSPS) is 19.8. The Morgan fingerprint density at radius 3 is 2.61 bits per heavy atom. The van der Waals surface area contributed by atoms with E-state index in [1.54, 1.807) is 0 Å². The largest absolute Gasteiger partial charge is 0.394 e. The van der Waals surface area contributed by atoms with Gasteiger partial charge in [0.15, 0.2) is 0 Å². The monoisotopic (exact) mass is 427 g/mol. The molecule has 1 aromatic heterocycles. The SMILES string of the molecule is CCCCCCCCc1ccc2c3c(c[nH]c13)CC[C@@H](CO)NC(=O)C(C(C)C)N2C. The van der Waals surface area contributed by atoms with Gasteiger partial charge in [0.1, 0.15) is 6.04 Å². The lowest BCUT2D eigenvalue weighted by atomic mass is 9.94. The van der Waals surface area contributed by atoms with Crippen LogP contribution in [0.5, 0.6) is 0 Å². The Balaban J connectivity index is 1.93. The molecule has 172 valence electrons. The molecule has 3 rings (SSSR count). The lowest BCUT2D eigenvalue weighted by molar-refractivity contribution is -0.124. The standard InChI is InChI=1S/C26H41N3O2/c1-5-6-7-8-9-10-11-19-13-15-22-23-20(16-27-24(19)23)12-14-21(17-30)28-26(31)25(18(2)3)29(22)4/h13,15-16,18,21,25,27,30H,5-12,14,17H2,1-4H3,(H,28,31)/t21-,25?/m0/s1. The Labute approximate surface area is 187 Å². The average molecular weight is 428 g/mol. The van der Waals surface area contributed by atoms with Crippen molar-refractivity contribution in [2.45, 2.75) is 90.6 Å². The zero-order valence-corrected chi connectivity index (χ0v) is 19.8. The lowest BCUT2D eigenvalue weighted by Crippen LogP contribution is -2.52. The molecule has 1 aliphatic rings. The fourth-order valence-corrected chi connectivity index (χ4v) is 5.05. The van der Waals surface area contributed by atoms with Crippen LogP contribution in [-0.4, -0.2) is 41.7 Å². The molecule has 1 amide bonds. The number of anilines is 1. The summed E-state index contributed by atoms with van der Waals surface area (Å²) in [5.41, 5.74) is 4.99. The summed E-state index contributed by atoms with van der Waals surface area (Å²) in [7, 11) is 2.03. The number of amides is 1. The van der Waals surface area contributed by atoms with Crippen LogP contribution in [0.25, 0.3) is 10.9 Å². The number of unbranched alkanes of at least 4 members (excludes halogenated alkanes) is 5. The predicted octanol–water partition coefficient (Wildman–Crippen LogP) is 4.96. The minimum Gasteiger partial charge on any atom is -0.394 e. The second kappa shape index (κ2) is 11.0. The van der Waals surface area contributed by atoms with Gasteiger partial charge in [-0.15, -0.1) is 0 Å². The number of nitrogens with one attached hydrogen (secondary N) is 2. The maximum Gasteiger partial charge on any atom is 0.243 e. The third-order valence-corrected chi connectivity index (χ3v) is 6.81. The van der Waals surface area contributed by atoms with E-state index in [1.807, 2.05) is 7.05 Å². The average Bonchev–Trinajstić information content (AvgIpc) is 3.17. The zero-order chi connectivity index (χ0) is 22.4. The fourth-order valence-electron chi connectivity index (χ4n) is 5.05. The summed E-state index contributed by atoms with van der Waals surface area (Å²) < 4.78 is 0. The van der Waals surface area contributed by atoms with E-state index in [2.05, 4.69) is 54.3 Å². The number of aromatic nitrogens is 1. The predicted molar refractivity (Wildman–Crippen MR) is 130 cm³/mol. The van der Waals surface area contributed by atoms with E-state index < -0.39 is 0 Å². The maximum absolute atomic E-state index is 13.1. The molecule has 0 radical (unpaired) electrons. The van der Waals surface area contributed by atoms with Gasteiger partial charge < -0.3 is 20.3 Å². The van der Waals surface area contributed by atoms with Crippen LogP contribution in [0.2, 0.25) is 0 Å². The highest BCUT2D eigenvalue weighted by molar-refractivity contribution is 5.99. The first-order chi connectivity index (χ1) is 15.0. The number of benzene rings is 1. The highest BCUT2D eigenvalue weighted by atomic mass is 16.3. The van der Waals surface area contributed by atoms with Gasteiger partial charge in [-0.2, -0.15) is 0 Å². The third kappa shape index (κ3) is 5.43. The van der Waals surface area contributed by atoms with Crippen LogP contribution in [0.1, 0.15) is 76.8 Å². The van der Waals surface area contributed by atoms with Crippen molar-refractivity contribution in [2.75, 3.05) is 18.6 Å². The van der Waals surface area contributed by atoms with E-state index in [0.29, 0.717) is 0 Å². The van der Waals surface area contributed by atoms with Crippen LogP contribution in [0.4, 0.5) is 5.69 Å². The van der Waals surface area contributed by atoms with Gasteiger partial charge in [0.05, 0.1) is 18.2 Å². The van der Waals surface area contributed by atoms with Crippen molar-refractivity contribution in [2.24, 2.45) is 5.92 Å². The Bertz CT molecular complexity index is 858. The Morgan fingerprint density at radius 2 is 1.90 bits per heavy atom. The summed E-state index contributed by atoms with van der Waals surface area (Å²) in [6.45, 7) is 6.40. The number of carbonyl (C=O) groups is 1. The first kappa shape index (κ1) is 23.6. The van der Waals surface area contributed by atoms with Crippen LogP contribution >= 0.6 is 0 Å². The Hall–Kier alpha value is -2.01. The van der Waals surface area contributed by atoms with Crippen molar-refractivity contribution in [3.8, 4) is 0 Å². The number of carbonyl (C=O) groups excluding carboxylic acids is 1. The molecule has 2 atom stereocenters. The van der Waals surface area contributed by atoms with Crippen molar-refractivity contribution < 1.29 is 9.90 Å². The van der Waals surface area contributed by atoms with Gasteiger partial charge in [-0.3, -0.25) is 4.79 Å². The van der Waals surface area contributed by atoms with Crippen LogP contribution in [0.15, 0.2) is 18.3 Å². The van der Waals surface area contributed by atoms with E-state index in [-0.39, 0.29) is 30.5 Å². The molecule has 2 aromatic rings. The van der Waals surface area contributed by atoms with E-state index in [9.17, 15) is 9.90 Å². The number of likely N-dealkylation sites (N-methyl/N-ethyl adjacent to an activating group) is 1. The quantitative estimate of drug-likeness (QED) is 0.496. The van der Waals surface area contributed by atoms with Gasteiger partial charge >= 0.3 is 0 Å². The maximum atomic E-state index is 13.1. The molecule has 0 saturated heterocycles. The van der Waals surface area contributed by atoms with Crippen LogP contribution < -0.4 is 10.2 Å². The number of aromatic amines is 1. The molecule has 3 N–H and O–H groups in total. The van der Waals surface area contributed by atoms with E-state index in [1.165, 1.54) is 60.6 Å². The second-order valence-electron chi connectivity index (χ2n) is 9.55. The fraction of sp³-hybridized carbons (Fsp3) is 0.654. The molecular weight excluding hydrogens is 386 g/mol. The van der Waals surface area contributed by atoms with Gasteiger partial charge in [0.2, 0.25) is 5.91 Å². The third-order valence-electron chi connectivity index (χ3n) is 6.81. The zero-order valence-electron chi connectivity index (χ0n) is 19.8. The van der Waals surface area contributed by atoms with Crippen molar-refractivity contribution in [3.05, 3.63) is 29.5 Å². The smallest absolute Gasteiger partial charge is 0.243 e. The van der Waals surface area contributed by atoms with Crippen LogP contribution in [-0.2, 0) is 17.6 Å². The Morgan fingerprint density at radius 1 is 1.16 bits per heavy atom. The van der Waals surface area contributed by atoms with Crippen molar-refractivity contribution >= 4 is 22.5 Å². The molecule has 0 spiro atoms. The molecule has 1 unspecified atom stereocenters. The number of aliphatic hydroxyl groups is 1. The summed E-state index contributed by atoms with van der Waals surface area (Å²) in [6, 6.07) is 3.97. The van der Waals surface area contributed by atoms with E-state index in [4.69, 9.17) is 0 Å². The Kier molecular flexibility index (Phi) is 8.42. The molecule has 5 nitrogen and oxygen atoms in total. The first-order valence-corrected chi connectivity index (χ1v) is 12.2. The highest BCUT2D eigenvalue weighted by Gasteiger charge is 2.31. The van der Waals surface area contributed by atoms with Gasteiger partial charge in [-0.25, -0.2) is 0 Å². The molecule has 2 heterocycles. The summed E-state index contributed by atoms with van der Waals surface area (Å²) >= 11 is 0. The summed E-state index contributed by atoms with van der Waals surface area (Å²) in [5, 5.41) is 14.1. The highest BCUT2D eigenvalue weighted by Crippen LogP contribution is 2.35. The number of hydrogen-bond acceptors (Lipinski definition) is 3. The number of aliphatic hydroxyl groups excluding tert-OH is 1.